The first-order valence-corrected chi connectivity index (χ1v) is 7.04. The molecule has 0 radical (unpaired) electrons. The van der Waals surface area contributed by atoms with Crippen LogP contribution in [0, 0.1) is 34.7 Å². The van der Waals surface area contributed by atoms with Crippen LogP contribution >= 0.6 is 0 Å². The Balaban J connectivity index is 1.89. The number of benzene rings is 1. The van der Waals surface area contributed by atoms with Gasteiger partial charge in [0.1, 0.15) is 11.4 Å². The van der Waals surface area contributed by atoms with Gasteiger partial charge < -0.3 is 5.32 Å². The quantitative estimate of drug-likeness (QED) is 0.684. The minimum atomic E-state index is -1.47. The highest BCUT2D eigenvalue weighted by atomic mass is 19.2. The van der Waals surface area contributed by atoms with E-state index in [0.29, 0.717) is 12.6 Å². The maximum Gasteiger partial charge on any atom is 0.257 e. The first-order valence-electron chi connectivity index (χ1n) is 7.04. The van der Waals surface area contributed by atoms with Crippen molar-refractivity contribution in [3.63, 3.8) is 0 Å². The minimum Gasteiger partial charge on any atom is -0.352 e. The molecule has 0 aromatic heterocycles. The summed E-state index contributed by atoms with van der Waals surface area (Å²) in [7, 11) is 0. The highest BCUT2D eigenvalue weighted by Crippen LogP contribution is 2.18. The van der Waals surface area contributed by atoms with E-state index in [1.807, 2.05) is 4.90 Å². The first-order chi connectivity index (χ1) is 10.5. The van der Waals surface area contributed by atoms with Gasteiger partial charge >= 0.3 is 0 Å². The van der Waals surface area contributed by atoms with Crippen LogP contribution in [0.4, 0.5) is 13.2 Å². The lowest BCUT2D eigenvalue weighted by molar-refractivity contribution is 0.0928. The van der Waals surface area contributed by atoms with Crippen LogP contribution in [0.5, 0.6) is 0 Å². The highest BCUT2D eigenvalue weighted by Gasteiger charge is 2.23. The molecule has 1 N–H and O–H groups in total. The van der Waals surface area contributed by atoms with Gasteiger partial charge in [0.15, 0.2) is 11.6 Å². The van der Waals surface area contributed by atoms with Gasteiger partial charge in [-0.1, -0.05) is 0 Å². The van der Waals surface area contributed by atoms with E-state index in [1.165, 1.54) is 0 Å². The van der Waals surface area contributed by atoms with Gasteiger partial charge in [0.05, 0.1) is 12.6 Å². The summed E-state index contributed by atoms with van der Waals surface area (Å²) in [5.74, 6) is -4.58. The Hall–Kier alpha value is -2.07. The number of amides is 1. The average molecular weight is 311 g/mol. The molecule has 1 amide bonds. The lowest BCUT2D eigenvalue weighted by atomic mass is 9.96. The number of likely N-dealkylation sites (tertiary alicyclic amines) is 1. The van der Waals surface area contributed by atoms with Gasteiger partial charge in [0.2, 0.25) is 0 Å². The zero-order valence-electron chi connectivity index (χ0n) is 11.9. The van der Waals surface area contributed by atoms with Crippen LogP contribution in [0.3, 0.4) is 0 Å². The fraction of sp³-hybridized carbons (Fsp3) is 0.467. The molecular weight excluding hydrogens is 295 g/mol. The summed E-state index contributed by atoms with van der Waals surface area (Å²) >= 11 is 0. The summed E-state index contributed by atoms with van der Waals surface area (Å²) in [6.07, 6.45) is 1.58. The number of hydrogen-bond acceptors (Lipinski definition) is 3. The molecule has 0 spiro atoms. The van der Waals surface area contributed by atoms with E-state index in [4.69, 9.17) is 5.26 Å². The second kappa shape index (κ2) is 7.27. The molecule has 1 aliphatic heterocycles. The fourth-order valence-electron chi connectivity index (χ4n) is 2.51. The molecule has 2 rings (SSSR count). The van der Waals surface area contributed by atoms with E-state index in [1.54, 1.807) is 0 Å². The molecule has 0 bridgehead atoms. The first kappa shape index (κ1) is 16.3. The molecule has 7 heteroatoms. The summed E-state index contributed by atoms with van der Waals surface area (Å²) in [6, 6.07) is 3.45. The van der Waals surface area contributed by atoms with E-state index in [9.17, 15) is 18.0 Å². The Kier molecular flexibility index (Phi) is 5.39. The molecule has 1 aromatic rings. The summed E-state index contributed by atoms with van der Waals surface area (Å²) in [4.78, 5) is 13.8. The Morgan fingerprint density at radius 3 is 2.55 bits per heavy atom. The van der Waals surface area contributed by atoms with Crippen molar-refractivity contribution < 1.29 is 18.0 Å². The topological polar surface area (TPSA) is 56.1 Å². The minimum absolute atomic E-state index is 0.179. The normalized spacial score (nSPS) is 16.3. The van der Waals surface area contributed by atoms with Crippen molar-refractivity contribution >= 4 is 5.91 Å². The number of nitriles is 1. The number of piperidine rings is 1. The van der Waals surface area contributed by atoms with Crippen LogP contribution in [0.1, 0.15) is 23.2 Å². The molecule has 1 aliphatic rings. The molecule has 1 aromatic carbocycles. The lowest BCUT2D eigenvalue weighted by Crippen LogP contribution is -2.39. The van der Waals surface area contributed by atoms with Crippen LogP contribution in [0.2, 0.25) is 0 Å². The average Bonchev–Trinajstić information content (AvgIpc) is 2.51. The van der Waals surface area contributed by atoms with Gasteiger partial charge in [-0.05, 0) is 44.0 Å². The molecule has 0 unspecified atom stereocenters. The number of carbonyl (C=O) groups is 1. The van der Waals surface area contributed by atoms with Crippen LogP contribution < -0.4 is 5.32 Å². The maximum absolute atomic E-state index is 13.5. The van der Waals surface area contributed by atoms with Gasteiger partial charge in [-0.15, -0.1) is 0 Å². The molecule has 0 aliphatic carbocycles. The molecular formula is C15H16F3N3O. The van der Waals surface area contributed by atoms with Crippen LogP contribution in [-0.2, 0) is 0 Å². The van der Waals surface area contributed by atoms with Gasteiger partial charge in [-0.25, -0.2) is 13.2 Å². The SMILES string of the molecule is N#CCN1CCC(CNC(=O)c2c(F)ccc(F)c2F)CC1. The Morgan fingerprint density at radius 1 is 1.27 bits per heavy atom. The van der Waals surface area contributed by atoms with Gasteiger partial charge in [-0.3, -0.25) is 9.69 Å². The molecule has 4 nitrogen and oxygen atoms in total. The second-order valence-corrected chi connectivity index (χ2v) is 5.31. The van der Waals surface area contributed by atoms with E-state index >= 15 is 0 Å². The predicted molar refractivity (Wildman–Crippen MR) is 73.4 cm³/mol. The van der Waals surface area contributed by atoms with Crippen molar-refractivity contribution in [3.05, 3.63) is 35.1 Å². The zero-order chi connectivity index (χ0) is 16.1. The lowest BCUT2D eigenvalue weighted by Gasteiger charge is -2.30. The van der Waals surface area contributed by atoms with Crippen molar-refractivity contribution in [1.29, 1.82) is 5.26 Å². The largest absolute Gasteiger partial charge is 0.352 e. The molecule has 22 heavy (non-hydrogen) atoms. The second-order valence-electron chi connectivity index (χ2n) is 5.31. The number of hydrogen-bond donors (Lipinski definition) is 1. The van der Waals surface area contributed by atoms with Crippen LogP contribution in [0.25, 0.3) is 0 Å². The maximum atomic E-state index is 13.5. The molecule has 0 atom stereocenters. The molecule has 0 saturated carbocycles. The van der Waals surface area contributed by atoms with E-state index in [-0.39, 0.29) is 12.5 Å². The van der Waals surface area contributed by atoms with Crippen molar-refractivity contribution in [3.8, 4) is 6.07 Å². The molecule has 1 saturated heterocycles. The number of carbonyl (C=O) groups excluding carboxylic acids is 1. The third-order valence-corrected chi connectivity index (χ3v) is 3.82. The van der Waals surface area contributed by atoms with Gasteiger partial charge in [0.25, 0.3) is 5.91 Å². The smallest absolute Gasteiger partial charge is 0.257 e. The number of nitrogens with one attached hydrogen (secondary N) is 1. The van der Waals surface area contributed by atoms with E-state index in [2.05, 4.69) is 11.4 Å². The third-order valence-electron chi connectivity index (χ3n) is 3.82. The standard InChI is InChI=1S/C15H16F3N3O/c16-11-1-2-12(17)14(18)13(11)15(22)20-9-10-3-6-21(7-4-10)8-5-19/h1-2,10H,3-4,6-9H2,(H,20,22). The van der Waals surface area contributed by atoms with Gasteiger partial charge in [0, 0.05) is 6.54 Å². The number of nitrogens with zero attached hydrogens (tertiary/aromatic N) is 2. The monoisotopic (exact) mass is 311 g/mol. The Labute approximate surface area is 126 Å². The van der Waals surface area contributed by atoms with Gasteiger partial charge in [-0.2, -0.15) is 5.26 Å². The summed E-state index contributed by atoms with van der Waals surface area (Å²) in [5.41, 5.74) is -0.887. The molecule has 1 fully saturated rings. The predicted octanol–water partition coefficient (Wildman–Crippen LogP) is 2.07. The van der Waals surface area contributed by atoms with Crippen molar-refractivity contribution in [2.24, 2.45) is 5.92 Å². The highest BCUT2D eigenvalue weighted by molar-refractivity contribution is 5.94. The van der Waals surface area contributed by atoms with E-state index in [0.717, 1.165) is 32.0 Å². The zero-order valence-corrected chi connectivity index (χ0v) is 11.9. The Morgan fingerprint density at radius 2 is 1.91 bits per heavy atom. The Bertz CT molecular complexity index is 592. The van der Waals surface area contributed by atoms with Crippen LogP contribution in [0.15, 0.2) is 12.1 Å². The third kappa shape index (κ3) is 3.77. The number of halogens is 3. The summed E-state index contributed by atoms with van der Waals surface area (Å²) < 4.78 is 40.1. The summed E-state index contributed by atoms with van der Waals surface area (Å²) in [5, 5.41) is 11.1. The molecule has 118 valence electrons. The molecule has 1 heterocycles. The van der Waals surface area contributed by atoms with Crippen molar-refractivity contribution in [2.45, 2.75) is 12.8 Å². The fourth-order valence-corrected chi connectivity index (χ4v) is 2.51. The summed E-state index contributed by atoms with van der Waals surface area (Å²) in [6.45, 7) is 2.14. The van der Waals surface area contributed by atoms with Crippen molar-refractivity contribution in [2.75, 3.05) is 26.2 Å². The van der Waals surface area contributed by atoms with Crippen LogP contribution in [-0.4, -0.2) is 37.0 Å². The van der Waals surface area contributed by atoms with Crippen molar-refractivity contribution in [1.82, 2.24) is 10.2 Å². The number of rotatable bonds is 4. The van der Waals surface area contributed by atoms with E-state index < -0.39 is 28.9 Å².